The van der Waals surface area contributed by atoms with E-state index in [0.717, 1.165) is 58.4 Å². The average molecular weight is 587 g/mol. The summed E-state index contributed by atoms with van der Waals surface area (Å²) in [4.78, 5) is 0. The van der Waals surface area contributed by atoms with Crippen molar-refractivity contribution in [3.05, 3.63) is 30.3 Å². The maximum absolute atomic E-state index is 5.40. The highest BCUT2D eigenvalue weighted by Crippen LogP contribution is 2.35. The number of epoxide rings is 6. The number of para-hydroxylation sites is 1. The third-order valence-corrected chi connectivity index (χ3v) is 6.49. The van der Waals surface area contributed by atoms with Gasteiger partial charge in [0.1, 0.15) is 35.8 Å². The highest BCUT2D eigenvalue weighted by atomic mass is 16.6. The molecular formula is C31H54O10. The summed E-state index contributed by atoms with van der Waals surface area (Å²) in [7, 11) is 1.69. The molecule has 10 nitrogen and oxygen atoms in total. The third-order valence-electron chi connectivity index (χ3n) is 6.49. The van der Waals surface area contributed by atoms with Crippen molar-refractivity contribution in [2.45, 2.75) is 77.2 Å². The molecule has 6 fully saturated rings. The molecule has 6 atom stereocenters. The normalized spacial score (nSPS) is 33.8. The zero-order chi connectivity index (χ0) is 27.6. The lowest BCUT2D eigenvalue weighted by atomic mass is 10.1. The molecule has 0 spiro atoms. The van der Waals surface area contributed by atoms with Gasteiger partial charge in [0.15, 0.2) is 0 Å². The minimum atomic E-state index is -0.000393. The SMILES string of the molecule is C.C.CC1(CC2CO2)CO1.CC1(COCCOCC2CO2)CO1.COCC1(C)CO1.c1ccc(OCC2CO2)cc1. The van der Waals surface area contributed by atoms with E-state index in [1.165, 1.54) is 0 Å². The molecule has 1 aromatic rings. The number of ether oxygens (including phenoxy) is 10. The number of hydrogen-bond donors (Lipinski definition) is 0. The summed E-state index contributed by atoms with van der Waals surface area (Å²) < 4.78 is 51.3. The van der Waals surface area contributed by atoms with Gasteiger partial charge in [-0.25, -0.2) is 0 Å². The molecule has 0 bridgehead atoms. The molecule has 41 heavy (non-hydrogen) atoms. The first kappa shape index (κ1) is 35.9. The summed E-state index contributed by atoms with van der Waals surface area (Å²) in [5.41, 5.74) is 0.287. The zero-order valence-electron chi connectivity index (χ0n) is 23.9. The van der Waals surface area contributed by atoms with Gasteiger partial charge in [0.05, 0.1) is 84.4 Å². The molecule has 0 N–H and O–H groups in total. The van der Waals surface area contributed by atoms with Gasteiger partial charge < -0.3 is 47.4 Å². The van der Waals surface area contributed by atoms with E-state index in [-0.39, 0.29) is 31.7 Å². The molecule has 6 unspecified atom stereocenters. The fourth-order valence-electron chi connectivity index (χ4n) is 3.28. The van der Waals surface area contributed by atoms with Gasteiger partial charge in [-0.15, -0.1) is 0 Å². The van der Waals surface area contributed by atoms with E-state index in [0.29, 0.717) is 51.3 Å². The molecule has 0 saturated carbocycles. The van der Waals surface area contributed by atoms with E-state index < -0.39 is 0 Å². The van der Waals surface area contributed by atoms with Gasteiger partial charge in [-0.3, -0.25) is 0 Å². The number of benzene rings is 1. The Morgan fingerprint density at radius 2 is 1.17 bits per heavy atom. The fraction of sp³-hybridized carbons (Fsp3) is 0.806. The summed E-state index contributed by atoms with van der Waals surface area (Å²) in [5.74, 6) is 0.919. The van der Waals surface area contributed by atoms with Crippen LogP contribution < -0.4 is 4.74 Å². The first-order valence-electron chi connectivity index (χ1n) is 13.9. The first-order valence-corrected chi connectivity index (χ1v) is 13.9. The number of rotatable bonds is 14. The summed E-state index contributed by atoms with van der Waals surface area (Å²) in [6, 6.07) is 9.79. The molecule has 7 rings (SSSR count). The van der Waals surface area contributed by atoms with Gasteiger partial charge in [0.2, 0.25) is 0 Å². The summed E-state index contributed by atoms with van der Waals surface area (Å²) >= 11 is 0. The van der Waals surface area contributed by atoms with Crippen LogP contribution in [0.25, 0.3) is 0 Å². The van der Waals surface area contributed by atoms with Crippen LogP contribution in [-0.2, 0) is 42.6 Å². The second-order valence-electron chi connectivity index (χ2n) is 11.5. The quantitative estimate of drug-likeness (QED) is 0.235. The van der Waals surface area contributed by atoms with Crippen molar-refractivity contribution >= 4 is 0 Å². The molecular weight excluding hydrogens is 532 g/mol. The topological polar surface area (TPSA) is 112 Å². The van der Waals surface area contributed by atoms with Crippen molar-refractivity contribution in [2.24, 2.45) is 0 Å². The molecule has 238 valence electrons. The lowest BCUT2D eigenvalue weighted by Crippen LogP contribution is -2.17. The Kier molecular flexibility index (Phi) is 14.9. The summed E-state index contributed by atoms with van der Waals surface area (Å²) in [5, 5.41) is 0. The van der Waals surface area contributed by atoms with Crippen LogP contribution in [-0.4, -0.2) is 122 Å². The summed E-state index contributed by atoms with van der Waals surface area (Å²) in [6.07, 6.45) is 2.33. The number of methoxy groups -OCH3 is 1. The van der Waals surface area contributed by atoms with Crippen molar-refractivity contribution in [2.75, 3.05) is 86.4 Å². The van der Waals surface area contributed by atoms with Crippen LogP contribution in [0, 0.1) is 0 Å². The fourth-order valence-corrected chi connectivity index (χ4v) is 3.28. The minimum Gasteiger partial charge on any atom is -0.491 e. The molecule has 6 heterocycles. The van der Waals surface area contributed by atoms with E-state index in [1.54, 1.807) is 7.11 Å². The second kappa shape index (κ2) is 17.1. The highest BCUT2D eigenvalue weighted by molar-refractivity contribution is 5.20. The predicted octanol–water partition coefficient (Wildman–Crippen LogP) is 3.93. The van der Waals surface area contributed by atoms with E-state index in [4.69, 9.17) is 47.4 Å². The molecule has 0 aromatic heterocycles. The molecule has 6 aliphatic heterocycles. The van der Waals surface area contributed by atoms with Crippen LogP contribution in [0.5, 0.6) is 5.75 Å². The van der Waals surface area contributed by atoms with Gasteiger partial charge >= 0.3 is 0 Å². The van der Waals surface area contributed by atoms with E-state index >= 15 is 0 Å². The van der Waals surface area contributed by atoms with Crippen molar-refractivity contribution in [3.8, 4) is 5.75 Å². The van der Waals surface area contributed by atoms with Gasteiger partial charge in [-0.05, 0) is 32.9 Å². The van der Waals surface area contributed by atoms with Crippen molar-refractivity contribution < 1.29 is 47.4 Å². The van der Waals surface area contributed by atoms with Crippen molar-refractivity contribution in [1.29, 1.82) is 0 Å². The Labute approximate surface area is 247 Å². The average Bonchev–Trinajstić information content (AvgIpc) is 3.73. The second-order valence-corrected chi connectivity index (χ2v) is 11.5. The molecule has 10 heteroatoms. The molecule has 0 aliphatic carbocycles. The van der Waals surface area contributed by atoms with Crippen LogP contribution in [0.15, 0.2) is 30.3 Å². The monoisotopic (exact) mass is 586 g/mol. The molecule has 0 radical (unpaired) electrons. The van der Waals surface area contributed by atoms with E-state index in [2.05, 4.69) is 6.92 Å². The Bertz CT molecular complexity index is 813. The van der Waals surface area contributed by atoms with E-state index in [9.17, 15) is 0 Å². The Morgan fingerprint density at radius 1 is 0.683 bits per heavy atom. The van der Waals surface area contributed by atoms with Gasteiger partial charge in [-0.2, -0.15) is 0 Å². The Morgan fingerprint density at radius 3 is 1.63 bits per heavy atom. The molecule has 0 amide bonds. The summed E-state index contributed by atoms with van der Waals surface area (Å²) in [6.45, 7) is 15.6. The van der Waals surface area contributed by atoms with E-state index in [1.807, 2.05) is 44.2 Å². The lowest BCUT2D eigenvalue weighted by molar-refractivity contribution is 0.0243. The molecule has 6 saturated heterocycles. The predicted molar refractivity (Wildman–Crippen MR) is 156 cm³/mol. The van der Waals surface area contributed by atoms with Crippen LogP contribution in [0.1, 0.15) is 42.0 Å². The van der Waals surface area contributed by atoms with Gasteiger partial charge in [0, 0.05) is 13.5 Å². The molecule has 6 aliphatic rings. The standard InChI is InChI=1S/C9H16O4.C9H10O2.C6H10O2.C5H10O2.2CH4/c1-9(7-13-9)6-11-3-2-10-4-8-5-12-8;1-2-4-8(5-3-1)10-6-9-7-11-9;1-6(4-8-6)2-5-3-7-5;1-5(3-6-2)4-7-5;;/h8H,2-7H2,1H3;1-5,9H,6-7H2;5H,2-4H2,1H3;3-4H2,1-2H3;2*1H4. The molecule has 1 aromatic carbocycles. The van der Waals surface area contributed by atoms with Crippen LogP contribution >= 0.6 is 0 Å². The maximum Gasteiger partial charge on any atom is 0.119 e. The van der Waals surface area contributed by atoms with Crippen molar-refractivity contribution in [3.63, 3.8) is 0 Å². The largest absolute Gasteiger partial charge is 0.491 e. The first-order chi connectivity index (χ1) is 18.8. The van der Waals surface area contributed by atoms with Crippen LogP contribution in [0.3, 0.4) is 0 Å². The van der Waals surface area contributed by atoms with Crippen molar-refractivity contribution in [1.82, 2.24) is 0 Å². The number of hydrogen-bond acceptors (Lipinski definition) is 10. The maximum atomic E-state index is 5.40. The van der Waals surface area contributed by atoms with Crippen LogP contribution in [0.2, 0.25) is 0 Å². The van der Waals surface area contributed by atoms with Crippen LogP contribution in [0.4, 0.5) is 0 Å². The highest BCUT2D eigenvalue weighted by Gasteiger charge is 2.44. The zero-order valence-corrected chi connectivity index (χ0v) is 23.9. The van der Waals surface area contributed by atoms with Gasteiger partial charge in [0.25, 0.3) is 0 Å². The Balaban J connectivity index is 0.000000193. The third kappa shape index (κ3) is 17.4. The lowest BCUT2D eigenvalue weighted by Gasteiger charge is -2.06. The Hall–Kier alpha value is -1.34. The van der Waals surface area contributed by atoms with Gasteiger partial charge in [-0.1, -0.05) is 33.1 Å². The minimum absolute atomic E-state index is 0. The smallest absolute Gasteiger partial charge is 0.119 e.